The van der Waals surface area contributed by atoms with E-state index >= 15 is 0 Å². The van der Waals surface area contributed by atoms with E-state index in [0.29, 0.717) is 6.54 Å². The second-order valence-electron chi connectivity index (χ2n) is 2.19. The summed E-state index contributed by atoms with van der Waals surface area (Å²) in [5.41, 5.74) is 0. The molecule has 0 spiro atoms. The van der Waals surface area contributed by atoms with E-state index in [9.17, 15) is 8.42 Å². The summed E-state index contributed by atoms with van der Waals surface area (Å²) in [5, 5.41) is 0. The minimum Gasteiger partial charge on any atom is -0.215 e. The van der Waals surface area contributed by atoms with Crippen LogP contribution in [0.25, 0.3) is 0 Å². The summed E-state index contributed by atoms with van der Waals surface area (Å²) in [6.07, 6.45) is 2.01. The van der Waals surface area contributed by atoms with E-state index in [1.807, 2.05) is 0 Å². The average Bonchev–Trinajstić information content (AvgIpc) is 1.99. The summed E-state index contributed by atoms with van der Waals surface area (Å²) < 4.78 is 25.3. The summed E-state index contributed by atoms with van der Waals surface area (Å²) >= 11 is 2.28. The molecule has 68 valence electrons. The molecule has 3 nitrogen and oxygen atoms in total. The predicted molar refractivity (Wildman–Crippen MR) is 55.6 cm³/mol. The van der Waals surface area contributed by atoms with E-state index in [0.717, 1.165) is 17.3 Å². The Balaban J connectivity index is 3.39. The molecule has 0 bridgehead atoms. The molecule has 0 aliphatic rings. The van der Waals surface area contributed by atoms with Crippen LogP contribution in [0.4, 0.5) is 0 Å². The molecule has 0 amide bonds. The molecule has 0 aliphatic heterocycles. The van der Waals surface area contributed by atoms with Gasteiger partial charge in [-0.05, 0) is 24.2 Å². The van der Waals surface area contributed by atoms with Crippen LogP contribution < -0.4 is 4.72 Å². The maximum absolute atomic E-state index is 10.8. The van der Waals surface area contributed by atoms with Crippen molar-refractivity contribution >= 4 is 32.6 Å². The number of rotatable bonds is 6. The van der Waals surface area contributed by atoms with Crippen molar-refractivity contribution in [2.45, 2.75) is 19.8 Å². The van der Waals surface area contributed by atoms with Crippen LogP contribution in [0.15, 0.2) is 0 Å². The Kier molecular flexibility index (Phi) is 6.55. The van der Waals surface area contributed by atoms with Gasteiger partial charge in [-0.2, -0.15) is 0 Å². The highest BCUT2D eigenvalue weighted by molar-refractivity contribution is 14.1. The fourth-order valence-electron chi connectivity index (χ4n) is 0.549. The zero-order chi connectivity index (χ0) is 8.74. The lowest BCUT2D eigenvalue weighted by molar-refractivity contribution is 0.580. The van der Waals surface area contributed by atoms with Crippen LogP contribution in [0, 0.1) is 0 Å². The van der Waals surface area contributed by atoms with Crippen molar-refractivity contribution in [2.24, 2.45) is 0 Å². The van der Waals surface area contributed by atoms with E-state index in [1.54, 1.807) is 6.92 Å². The van der Waals surface area contributed by atoms with Crippen LogP contribution in [-0.4, -0.2) is 25.1 Å². The lowest BCUT2D eigenvalue weighted by Crippen LogP contribution is -2.26. The monoisotopic (exact) mass is 291 g/mol. The number of unbranched alkanes of at least 4 members (excludes halogenated alkanes) is 1. The summed E-state index contributed by atoms with van der Waals surface area (Å²) in [4.78, 5) is 0. The molecule has 0 radical (unpaired) electrons. The molecule has 0 saturated carbocycles. The highest BCUT2D eigenvalue weighted by Crippen LogP contribution is 1.93. The van der Waals surface area contributed by atoms with E-state index in [2.05, 4.69) is 27.3 Å². The van der Waals surface area contributed by atoms with Crippen molar-refractivity contribution in [3.8, 4) is 0 Å². The standard InChI is InChI=1S/C6H14INO2S/c1-2-11(9,10)8-6-4-3-5-7/h8H,2-6H2,1H3. The zero-order valence-corrected chi connectivity index (χ0v) is 9.61. The largest absolute Gasteiger partial charge is 0.215 e. The highest BCUT2D eigenvalue weighted by atomic mass is 127. The van der Waals surface area contributed by atoms with Crippen LogP contribution in [0.2, 0.25) is 0 Å². The van der Waals surface area contributed by atoms with Crippen LogP contribution in [0.3, 0.4) is 0 Å². The Morgan fingerprint density at radius 1 is 1.36 bits per heavy atom. The van der Waals surface area contributed by atoms with E-state index < -0.39 is 10.0 Å². The molecule has 0 saturated heterocycles. The minimum absolute atomic E-state index is 0.178. The summed E-state index contributed by atoms with van der Waals surface area (Å²) in [6.45, 7) is 2.22. The second-order valence-corrected chi connectivity index (χ2v) is 5.37. The number of hydrogen-bond acceptors (Lipinski definition) is 2. The van der Waals surface area contributed by atoms with Gasteiger partial charge in [0.25, 0.3) is 0 Å². The van der Waals surface area contributed by atoms with Gasteiger partial charge in [-0.25, -0.2) is 13.1 Å². The van der Waals surface area contributed by atoms with Crippen molar-refractivity contribution in [1.82, 2.24) is 4.72 Å². The van der Waals surface area contributed by atoms with Gasteiger partial charge in [0.2, 0.25) is 10.0 Å². The third kappa shape index (κ3) is 7.02. The number of hydrogen-bond donors (Lipinski definition) is 1. The maximum Gasteiger partial charge on any atom is 0.211 e. The van der Waals surface area contributed by atoms with Gasteiger partial charge in [0.15, 0.2) is 0 Å². The molecule has 0 heterocycles. The molecule has 0 unspecified atom stereocenters. The van der Waals surface area contributed by atoms with Crippen LogP contribution in [0.5, 0.6) is 0 Å². The first-order valence-electron chi connectivity index (χ1n) is 3.65. The van der Waals surface area contributed by atoms with Gasteiger partial charge < -0.3 is 0 Å². The van der Waals surface area contributed by atoms with E-state index in [4.69, 9.17) is 0 Å². The van der Waals surface area contributed by atoms with Crippen molar-refractivity contribution in [1.29, 1.82) is 0 Å². The Morgan fingerprint density at radius 2 is 2.00 bits per heavy atom. The van der Waals surface area contributed by atoms with Gasteiger partial charge in [-0.1, -0.05) is 22.6 Å². The lowest BCUT2D eigenvalue weighted by Gasteiger charge is -2.01. The number of halogens is 1. The van der Waals surface area contributed by atoms with Gasteiger partial charge in [0, 0.05) is 6.54 Å². The van der Waals surface area contributed by atoms with Gasteiger partial charge in [0.05, 0.1) is 5.75 Å². The molecule has 0 atom stereocenters. The molecule has 5 heteroatoms. The summed E-state index contributed by atoms with van der Waals surface area (Å²) in [5.74, 6) is 0.178. The Bertz CT molecular complexity index is 179. The molecule has 0 aromatic rings. The minimum atomic E-state index is -2.95. The lowest BCUT2D eigenvalue weighted by atomic mass is 10.3. The molecular weight excluding hydrogens is 277 g/mol. The first-order chi connectivity index (χ1) is 5.12. The van der Waals surface area contributed by atoms with Gasteiger partial charge >= 0.3 is 0 Å². The molecular formula is C6H14INO2S. The first-order valence-corrected chi connectivity index (χ1v) is 6.83. The summed E-state index contributed by atoms with van der Waals surface area (Å²) in [7, 11) is -2.95. The van der Waals surface area contributed by atoms with Gasteiger partial charge in [-0.15, -0.1) is 0 Å². The Hall–Kier alpha value is 0.640. The van der Waals surface area contributed by atoms with Gasteiger partial charge in [0.1, 0.15) is 0 Å². The predicted octanol–water partition coefficient (Wildman–Crippen LogP) is 1.14. The second kappa shape index (κ2) is 6.19. The van der Waals surface area contributed by atoms with Crippen LogP contribution >= 0.6 is 22.6 Å². The zero-order valence-electron chi connectivity index (χ0n) is 6.64. The molecule has 0 aliphatic carbocycles. The maximum atomic E-state index is 10.8. The SMILES string of the molecule is CCS(=O)(=O)NCCCCI. The quantitative estimate of drug-likeness (QED) is 0.453. The van der Waals surface area contributed by atoms with Gasteiger partial charge in [-0.3, -0.25) is 0 Å². The number of sulfonamides is 1. The Labute approximate surface area is 82.1 Å². The number of nitrogens with one attached hydrogen (secondary N) is 1. The highest BCUT2D eigenvalue weighted by Gasteiger charge is 2.03. The molecule has 0 fully saturated rings. The molecule has 11 heavy (non-hydrogen) atoms. The normalized spacial score (nSPS) is 11.8. The fourth-order valence-corrected chi connectivity index (χ4v) is 1.75. The van der Waals surface area contributed by atoms with Crippen molar-refractivity contribution in [3.05, 3.63) is 0 Å². The molecule has 0 rings (SSSR count). The first kappa shape index (κ1) is 11.6. The van der Waals surface area contributed by atoms with E-state index in [1.165, 1.54) is 0 Å². The molecule has 0 aromatic carbocycles. The smallest absolute Gasteiger partial charge is 0.211 e. The third-order valence-electron chi connectivity index (χ3n) is 1.26. The topological polar surface area (TPSA) is 46.2 Å². The third-order valence-corrected chi connectivity index (χ3v) is 3.43. The Morgan fingerprint density at radius 3 is 2.45 bits per heavy atom. The van der Waals surface area contributed by atoms with Crippen molar-refractivity contribution < 1.29 is 8.42 Å². The fraction of sp³-hybridized carbons (Fsp3) is 1.00. The van der Waals surface area contributed by atoms with E-state index in [-0.39, 0.29) is 5.75 Å². The van der Waals surface area contributed by atoms with Crippen molar-refractivity contribution in [3.63, 3.8) is 0 Å². The number of alkyl halides is 1. The van der Waals surface area contributed by atoms with Crippen LogP contribution in [-0.2, 0) is 10.0 Å². The summed E-state index contributed by atoms with van der Waals surface area (Å²) in [6, 6.07) is 0. The average molecular weight is 291 g/mol. The molecule has 1 N–H and O–H groups in total. The van der Waals surface area contributed by atoms with Crippen LogP contribution in [0.1, 0.15) is 19.8 Å². The molecule has 0 aromatic heterocycles. The van der Waals surface area contributed by atoms with Crippen molar-refractivity contribution in [2.75, 3.05) is 16.7 Å².